The number of benzene rings is 2. The molecule has 0 atom stereocenters. The molecule has 0 aliphatic heterocycles. The van der Waals surface area contributed by atoms with Crippen molar-refractivity contribution in [1.29, 1.82) is 0 Å². The van der Waals surface area contributed by atoms with Crippen LogP contribution in [0.15, 0.2) is 30.5 Å². The molecule has 0 radical (unpaired) electrons. The number of ether oxygens (including phenoxy) is 2. The van der Waals surface area contributed by atoms with E-state index in [0.29, 0.717) is 11.6 Å². The number of nitrogens with zero attached hydrogens (tertiary/aromatic N) is 3. The summed E-state index contributed by atoms with van der Waals surface area (Å²) >= 11 is 1.60. The highest BCUT2D eigenvalue weighted by Crippen LogP contribution is 2.38. The SMILES string of the molecule is CCc1c(OCO)ccc2nc(-c3cc(C)cc4nc(OC)cnc34)sc12. The molecule has 1 N–H and O–H groups in total. The van der Waals surface area contributed by atoms with E-state index < -0.39 is 0 Å². The van der Waals surface area contributed by atoms with Crippen LogP contribution in [0, 0.1) is 6.92 Å². The Kier molecular flexibility index (Phi) is 4.63. The number of fused-ring (bicyclic) bond motifs is 2. The number of hydrogen-bond acceptors (Lipinski definition) is 7. The van der Waals surface area contributed by atoms with Gasteiger partial charge < -0.3 is 14.6 Å². The molecule has 138 valence electrons. The monoisotopic (exact) mass is 381 g/mol. The van der Waals surface area contributed by atoms with Crippen LogP contribution in [-0.4, -0.2) is 34.0 Å². The third-order valence-electron chi connectivity index (χ3n) is 4.40. The fourth-order valence-corrected chi connectivity index (χ4v) is 4.38. The summed E-state index contributed by atoms with van der Waals surface area (Å²) in [5.74, 6) is 1.18. The maximum absolute atomic E-state index is 9.13. The summed E-state index contributed by atoms with van der Waals surface area (Å²) in [5, 5.41) is 10.0. The zero-order valence-electron chi connectivity index (χ0n) is 15.3. The lowest BCUT2D eigenvalue weighted by Crippen LogP contribution is -1.98. The van der Waals surface area contributed by atoms with Gasteiger partial charge >= 0.3 is 0 Å². The van der Waals surface area contributed by atoms with E-state index in [1.807, 2.05) is 25.1 Å². The smallest absolute Gasteiger partial charge is 0.232 e. The number of methoxy groups -OCH3 is 1. The molecule has 0 amide bonds. The topological polar surface area (TPSA) is 77.4 Å². The predicted molar refractivity (Wildman–Crippen MR) is 107 cm³/mol. The number of rotatable bonds is 5. The van der Waals surface area contributed by atoms with Gasteiger partial charge in [-0.1, -0.05) is 6.92 Å². The van der Waals surface area contributed by atoms with Crippen LogP contribution in [0.25, 0.3) is 31.8 Å². The highest BCUT2D eigenvalue weighted by molar-refractivity contribution is 7.22. The van der Waals surface area contributed by atoms with Crippen molar-refractivity contribution in [3.8, 4) is 22.2 Å². The molecule has 4 rings (SSSR count). The van der Waals surface area contributed by atoms with Crippen LogP contribution < -0.4 is 9.47 Å². The van der Waals surface area contributed by atoms with Crippen molar-refractivity contribution in [2.45, 2.75) is 20.3 Å². The lowest BCUT2D eigenvalue weighted by Gasteiger charge is -2.08. The van der Waals surface area contributed by atoms with Gasteiger partial charge in [-0.25, -0.2) is 15.0 Å². The molecular weight excluding hydrogens is 362 g/mol. The van der Waals surface area contributed by atoms with E-state index >= 15 is 0 Å². The molecule has 0 spiro atoms. The first-order valence-corrected chi connectivity index (χ1v) is 9.44. The van der Waals surface area contributed by atoms with Gasteiger partial charge in [0, 0.05) is 11.1 Å². The zero-order valence-corrected chi connectivity index (χ0v) is 16.1. The predicted octanol–water partition coefficient (Wildman–Crippen LogP) is 4.11. The third kappa shape index (κ3) is 3.09. The summed E-state index contributed by atoms with van der Waals surface area (Å²) in [5.41, 5.74) is 5.57. The van der Waals surface area contributed by atoms with Gasteiger partial charge in [-0.15, -0.1) is 11.3 Å². The van der Waals surface area contributed by atoms with Gasteiger partial charge in [0.1, 0.15) is 10.8 Å². The summed E-state index contributed by atoms with van der Waals surface area (Å²) in [6, 6.07) is 7.86. The first-order valence-electron chi connectivity index (χ1n) is 8.62. The molecule has 4 aromatic rings. The Bertz CT molecular complexity index is 1140. The zero-order chi connectivity index (χ0) is 19.0. The molecule has 0 bridgehead atoms. The van der Waals surface area contributed by atoms with Gasteiger partial charge in [0.15, 0.2) is 6.79 Å². The Balaban J connectivity index is 1.94. The van der Waals surface area contributed by atoms with Crippen LogP contribution in [0.2, 0.25) is 0 Å². The molecule has 2 aromatic carbocycles. The lowest BCUT2D eigenvalue weighted by molar-refractivity contribution is 0.0978. The maximum atomic E-state index is 9.13. The number of hydrogen-bond donors (Lipinski definition) is 1. The van der Waals surface area contributed by atoms with Crippen molar-refractivity contribution in [2.75, 3.05) is 13.9 Å². The van der Waals surface area contributed by atoms with Gasteiger partial charge in [0.25, 0.3) is 0 Å². The summed E-state index contributed by atoms with van der Waals surface area (Å²) in [7, 11) is 1.58. The maximum Gasteiger partial charge on any atom is 0.232 e. The average Bonchev–Trinajstić information content (AvgIpc) is 3.11. The van der Waals surface area contributed by atoms with Crippen LogP contribution in [0.5, 0.6) is 11.6 Å². The highest BCUT2D eigenvalue weighted by atomic mass is 32.1. The summed E-state index contributed by atoms with van der Waals surface area (Å²) in [4.78, 5) is 13.9. The van der Waals surface area contributed by atoms with E-state index in [2.05, 4.69) is 23.0 Å². The molecule has 0 saturated carbocycles. The highest BCUT2D eigenvalue weighted by Gasteiger charge is 2.16. The second-order valence-corrected chi connectivity index (χ2v) is 7.13. The molecule has 6 nitrogen and oxygen atoms in total. The first kappa shape index (κ1) is 17.6. The molecule has 2 aromatic heterocycles. The Labute approximate surface area is 160 Å². The molecule has 0 unspecified atom stereocenters. The molecule has 2 heterocycles. The van der Waals surface area contributed by atoms with Gasteiger partial charge in [-0.05, 0) is 43.2 Å². The Morgan fingerprint density at radius 2 is 2.00 bits per heavy atom. The largest absolute Gasteiger partial charge is 0.480 e. The Hall–Kier alpha value is -2.77. The van der Waals surface area contributed by atoms with Crippen molar-refractivity contribution in [3.05, 3.63) is 41.6 Å². The molecule has 0 aliphatic rings. The van der Waals surface area contributed by atoms with E-state index in [1.54, 1.807) is 24.6 Å². The summed E-state index contributed by atoms with van der Waals surface area (Å²) < 4.78 is 11.6. The quantitative estimate of drug-likeness (QED) is 0.524. The molecule has 0 saturated heterocycles. The van der Waals surface area contributed by atoms with Gasteiger partial charge in [-0.2, -0.15) is 0 Å². The van der Waals surface area contributed by atoms with E-state index in [9.17, 15) is 0 Å². The minimum atomic E-state index is -0.343. The van der Waals surface area contributed by atoms with Crippen molar-refractivity contribution in [1.82, 2.24) is 15.0 Å². The molecule has 0 aliphatic carbocycles. The van der Waals surface area contributed by atoms with Crippen molar-refractivity contribution >= 4 is 32.6 Å². The summed E-state index contributed by atoms with van der Waals surface area (Å²) in [6.07, 6.45) is 2.42. The van der Waals surface area contributed by atoms with Gasteiger partial charge in [0.05, 0.1) is 34.6 Å². The van der Waals surface area contributed by atoms with E-state index in [-0.39, 0.29) is 6.79 Å². The number of aliphatic hydroxyl groups excluding tert-OH is 1. The minimum Gasteiger partial charge on any atom is -0.480 e. The van der Waals surface area contributed by atoms with Crippen LogP contribution in [-0.2, 0) is 6.42 Å². The molecular formula is C20H19N3O3S. The standard InChI is InChI=1S/C20H19N3O3S/c1-4-12-16(26-10-24)6-5-14-19(12)27-20(23-14)13-7-11(2)8-15-18(13)21-9-17(22-15)25-3/h5-9,24H,4,10H2,1-3H3. The van der Waals surface area contributed by atoms with Gasteiger partial charge in [-0.3, -0.25) is 0 Å². The lowest BCUT2D eigenvalue weighted by atomic mass is 10.1. The van der Waals surface area contributed by atoms with Crippen molar-refractivity contribution in [3.63, 3.8) is 0 Å². The molecule has 7 heteroatoms. The van der Waals surface area contributed by atoms with Crippen LogP contribution in [0.1, 0.15) is 18.1 Å². The Morgan fingerprint density at radius 3 is 2.74 bits per heavy atom. The van der Waals surface area contributed by atoms with E-state index in [4.69, 9.17) is 19.6 Å². The third-order valence-corrected chi connectivity index (χ3v) is 5.56. The van der Waals surface area contributed by atoms with Crippen molar-refractivity contribution < 1.29 is 14.6 Å². The van der Waals surface area contributed by atoms with Gasteiger partial charge in [0.2, 0.25) is 5.88 Å². The van der Waals surface area contributed by atoms with Crippen LogP contribution >= 0.6 is 11.3 Å². The van der Waals surface area contributed by atoms with Crippen LogP contribution in [0.3, 0.4) is 0 Å². The molecule has 0 fully saturated rings. The van der Waals surface area contributed by atoms with E-state index in [0.717, 1.165) is 49.4 Å². The summed E-state index contributed by atoms with van der Waals surface area (Å²) in [6.45, 7) is 3.75. The number of aryl methyl sites for hydroxylation is 2. The fraction of sp³-hybridized carbons (Fsp3) is 0.250. The van der Waals surface area contributed by atoms with Crippen LogP contribution in [0.4, 0.5) is 0 Å². The normalized spacial score (nSPS) is 11.3. The first-order chi connectivity index (χ1) is 13.1. The number of thiazole rings is 1. The molecule has 27 heavy (non-hydrogen) atoms. The minimum absolute atomic E-state index is 0.343. The second kappa shape index (κ2) is 7.09. The van der Waals surface area contributed by atoms with E-state index in [1.165, 1.54) is 0 Å². The second-order valence-electron chi connectivity index (χ2n) is 6.13. The fourth-order valence-electron chi connectivity index (χ4n) is 3.19. The average molecular weight is 381 g/mol. The Morgan fingerprint density at radius 1 is 1.15 bits per heavy atom. The number of aromatic nitrogens is 3. The number of aliphatic hydroxyl groups is 1. The van der Waals surface area contributed by atoms with Crippen molar-refractivity contribution in [2.24, 2.45) is 0 Å².